The molecule has 1 N–H and O–H groups in total. The van der Waals surface area contributed by atoms with Gasteiger partial charge in [0.15, 0.2) is 0 Å². The predicted molar refractivity (Wildman–Crippen MR) is 131 cm³/mol. The Balaban J connectivity index is 1.62. The smallest absolute Gasteiger partial charge is 0.275 e. The van der Waals surface area contributed by atoms with Gasteiger partial charge in [-0.05, 0) is 67.8 Å². The number of anilines is 1. The average Bonchev–Trinajstić information content (AvgIpc) is 3.35. The summed E-state index contributed by atoms with van der Waals surface area (Å²) < 4.78 is 3.07. The molecule has 7 heteroatoms. The topological polar surface area (TPSA) is 54.3 Å². The summed E-state index contributed by atoms with van der Waals surface area (Å²) in [4.78, 5) is 29.5. The normalized spacial score (nSPS) is 25.8. The second-order valence-electron chi connectivity index (χ2n) is 9.47. The number of halogens is 1. The Bertz CT molecular complexity index is 1220. The zero-order valence-electron chi connectivity index (χ0n) is 18.7. The van der Waals surface area contributed by atoms with E-state index in [2.05, 4.69) is 12.2 Å². The Hall–Kier alpha value is -2.31. The lowest BCUT2D eigenvalue weighted by Crippen LogP contribution is -2.66. The Labute approximate surface area is 197 Å². The molecule has 1 fully saturated rings. The molecule has 0 unspecified atom stereocenters. The third-order valence-corrected chi connectivity index (χ3v) is 8.32. The number of nitrogens with one attached hydrogen (secondary N) is 1. The minimum absolute atomic E-state index is 0.105. The van der Waals surface area contributed by atoms with Crippen LogP contribution in [0.3, 0.4) is 0 Å². The fourth-order valence-electron chi connectivity index (χ4n) is 5.27. The van der Waals surface area contributed by atoms with Crippen molar-refractivity contribution in [1.82, 2.24) is 9.88 Å². The van der Waals surface area contributed by atoms with Crippen molar-refractivity contribution in [2.75, 3.05) is 4.90 Å². The highest BCUT2D eigenvalue weighted by atomic mass is 35.5. The van der Waals surface area contributed by atoms with E-state index in [0.717, 1.165) is 35.0 Å². The van der Waals surface area contributed by atoms with Crippen LogP contribution in [-0.4, -0.2) is 28.0 Å². The van der Waals surface area contributed by atoms with Gasteiger partial charge in [-0.25, -0.2) is 0 Å². The number of carbonyl (C=O) groups is 2. The first-order valence-corrected chi connectivity index (χ1v) is 12.5. The van der Waals surface area contributed by atoms with Crippen LogP contribution < -0.4 is 10.2 Å². The first kappa shape index (κ1) is 21.5. The van der Waals surface area contributed by atoms with Crippen molar-refractivity contribution in [3.8, 4) is 0 Å². The molecule has 5 rings (SSSR count). The number of carbonyl (C=O) groups excluding carboxylic acids is 2. The molecule has 5 nitrogen and oxygen atoms in total. The van der Waals surface area contributed by atoms with Crippen molar-refractivity contribution < 1.29 is 9.59 Å². The lowest BCUT2D eigenvalue weighted by atomic mass is 9.84. The van der Waals surface area contributed by atoms with Crippen LogP contribution in [0.4, 0.5) is 5.69 Å². The lowest BCUT2D eigenvalue weighted by Gasteiger charge is -2.45. The quantitative estimate of drug-likeness (QED) is 0.528. The maximum Gasteiger partial charge on any atom is 0.275 e. The molecule has 1 aliphatic carbocycles. The first-order chi connectivity index (χ1) is 15.3. The Morgan fingerprint density at radius 1 is 1.22 bits per heavy atom. The number of nitrogens with zero attached hydrogens (tertiary/aromatic N) is 2. The van der Waals surface area contributed by atoms with E-state index in [1.807, 2.05) is 48.1 Å². The summed E-state index contributed by atoms with van der Waals surface area (Å²) in [6, 6.07) is 9.62. The molecule has 3 heterocycles. The van der Waals surface area contributed by atoms with Crippen LogP contribution in [0.25, 0.3) is 10.2 Å². The third kappa shape index (κ3) is 3.35. The number of rotatable bonds is 3. The van der Waals surface area contributed by atoms with E-state index < -0.39 is 5.54 Å². The van der Waals surface area contributed by atoms with E-state index in [0.29, 0.717) is 28.9 Å². The van der Waals surface area contributed by atoms with Gasteiger partial charge >= 0.3 is 0 Å². The van der Waals surface area contributed by atoms with Gasteiger partial charge in [-0.2, -0.15) is 0 Å². The summed E-state index contributed by atoms with van der Waals surface area (Å²) in [6.07, 6.45) is 4.44. The molecule has 0 saturated heterocycles. The number of thiophene rings is 1. The van der Waals surface area contributed by atoms with Crippen molar-refractivity contribution in [1.29, 1.82) is 0 Å². The number of fused-ring (bicyclic) bond motifs is 3. The second kappa shape index (κ2) is 7.92. The molecule has 3 atom stereocenters. The Morgan fingerprint density at radius 3 is 2.78 bits per heavy atom. The zero-order chi connectivity index (χ0) is 22.6. The van der Waals surface area contributed by atoms with Crippen molar-refractivity contribution in [3.63, 3.8) is 0 Å². The van der Waals surface area contributed by atoms with Crippen LogP contribution in [0.15, 0.2) is 35.7 Å². The Kier molecular flexibility index (Phi) is 5.33. The molecule has 2 aliphatic rings. The molecule has 0 radical (unpaired) electrons. The molecule has 168 valence electrons. The van der Waals surface area contributed by atoms with E-state index in [-0.39, 0.29) is 17.9 Å². The fraction of sp³-hybridized carbons (Fsp3) is 0.440. The monoisotopic (exact) mass is 469 g/mol. The van der Waals surface area contributed by atoms with E-state index in [4.69, 9.17) is 11.6 Å². The SMILES string of the molecule is Cc1ccc(Cl)cc1N1C(=O)c2cc3sccc3n2C[C@]1(C)C(=O)N[C@@H]1CCCC[C@@H]1C. The van der Waals surface area contributed by atoms with Crippen LogP contribution in [0, 0.1) is 12.8 Å². The van der Waals surface area contributed by atoms with Crippen LogP contribution in [0.5, 0.6) is 0 Å². The van der Waals surface area contributed by atoms with Gasteiger partial charge in [0.2, 0.25) is 5.91 Å². The molecule has 2 aromatic heterocycles. The van der Waals surface area contributed by atoms with E-state index in [1.54, 1.807) is 22.3 Å². The highest BCUT2D eigenvalue weighted by Gasteiger charge is 2.49. The van der Waals surface area contributed by atoms with Gasteiger partial charge < -0.3 is 9.88 Å². The Morgan fingerprint density at radius 2 is 2.00 bits per heavy atom. The summed E-state index contributed by atoms with van der Waals surface area (Å²) in [5.74, 6) is 0.161. The molecule has 0 spiro atoms. The van der Waals surface area contributed by atoms with Crippen LogP contribution >= 0.6 is 22.9 Å². The first-order valence-electron chi connectivity index (χ1n) is 11.3. The van der Waals surface area contributed by atoms with Crippen LogP contribution in [0.2, 0.25) is 5.02 Å². The standard InChI is InChI=1S/C25H28ClN3O2S/c1-15-6-4-5-7-18(15)27-24(31)25(3)14-28-19-10-11-32-22(19)13-21(28)23(30)29(25)20-12-17(26)9-8-16(20)2/h8-13,15,18H,4-7,14H2,1-3H3,(H,27,31)/t15-,18+,25+/m0/s1. The summed E-state index contributed by atoms with van der Waals surface area (Å²) >= 11 is 7.95. The third-order valence-electron chi connectivity index (χ3n) is 7.23. The lowest BCUT2D eigenvalue weighted by molar-refractivity contribution is -0.127. The molecule has 0 bridgehead atoms. The molecule has 3 aromatic rings. The van der Waals surface area contributed by atoms with Gasteiger partial charge in [-0.15, -0.1) is 11.3 Å². The minimum Gasteiger partial charge on any atom is -0.351 e. The summed E-state index contributed by atoms with van der Waals surface area (Å²) in [5.41, 5.74) is 2.14. The van der Waals surface area contributed by atoms with Gasteiger partial charge in [0.05, 0.1) is 16.8 Å². The maximum atomic E-state index is 13.9. The van der Waals surface area contributed by atoms with Gasteiger partial charge in [-0.1, -0.05) is 37.4 Å². The number of amides is 2. The average molecular weight is 470 g/mol. The van der Waals surface area contributed by atoms with Crippen molar-refractivity contribution >= 4 is 50.7 Å². The summed E-state index contributed by atoms with van der Waals surface area (Å²) in [5, 5.41) is 5.89. The van der Waals surface area contributed by atoms with Gasteiger partial charge in [0, 0.05) is 16.8 Å². The maximum absolute atomic E-state index is 13.9. The molecule has 32 heavy (non-hydrogen) atoms. The van der Waals surface area contributed by atoms with Gasteiger partial charge in [0.25, 0.3) is 5.91 Å². The molecular formula is C25H28ClN3O2S. The molecular weight excluding hydrogens is 442 g/mol. The fourth-order valence-corrected chi connectivity index (χ4v) is 6.26. The molecule has 2 amide bonds. The number of benzene rings is 1. The van der Waals surface area contributed by atoms with E-state index in [1.165, 1.54) is 6.42 Å². The number of aromatic nitrogens is 1. The largest absolute Gasteiger partial charge is 0.351 e. The van der Waals surface area contributed by atoms with Crippen molar-refractivity contribution in [3.05, 3.63) is 52.0 Å². The second-order valence-corrected chi connectivity index (χ2v) is 10.9. The molecule has 1 saturated carbocycles. The number of hydrogen-bond donors (Lipinski definition) is 1. The van der Waals surface area contributed by atoms with Crippen LogP contribution in [0.1, 0.15) is 55.6 Å². The van der Waals surface area contributed by atoms with E-state index >= 15 is 0 Å². The van der Waals surface area contributed by atoms with Crippen LogP contribution in [-0.2, 0) is 11.3 Å². The number of hydrogen-bond acceptors (Lipinski definition) is 3. The van der Waals surface area contributed by atoms with Crippen molar-refractivity contribution in [2.24, 2.45) is 5.92 Å². The van der Waals surface area contributed by atoms with E-state index in [9.17, 15) is 9.59 Å². The predicted octanol–water partition coefficient (Wildman–Crippen LogP) is 5.78. The highest BCUT2D eigenvalue weighted by Crippen LogP contribution is 2.39. The zero-order valence-corrected chi connectivity index (χ0v) is 20.2. The number of aryl methyl sites for hydroxylation is 1. The van der Waals surface area contributed by atoms with Gasteiger partial charge in [-0.3, -0.25) is 14.5 Å². The molecule has 1 aliphatic heterocycles. The van der Waals surface area contributed by atoms with Crippen molar-refractivity contribution in [2.45, 2.75) is 64.6 Å². The minimum atomic E-state index is -1.08. The summed E-state index contributed by atoms with van der Waals surface area (Å²) in [6.45, 7) is 6.44. The highest BCUT2D eigenvalue weighted by molar-refractivity contribution is 7.17. The molecule has 1 aromatic carbocycles. The summed E-state index contributed by atoms with van der Waals surface area (Å²) in [7, 11) is 0. The van der Waals surface area contributed by atoms with Gasteiger partial charge in [0.1, 0.15) is 11.2 Å².